The zero-order chi connectivity index (χ0) is 14.5. The van der Waals surface area contributed by atoms with Crippen LogP contribution in [0, 0.1) is 0 Å². The molecule has 1 rings (SSSR count). The average molecular weight is 274 g/mol. The molecule has 0 saturated carbocycles. The van der Waals surface area contributed by atoms with Gasteiger partial charge in [-0.05, 0) is 29.7 Å². The summed E-state index contributed by atoms with van der Waals surface area (Å²) in [4.78, 5) is 10.5. The quantitative estimate of drug-likeness (QED) is 0.839. The van der Waals surface area contributed by atoms with E-state index in [0.29, 0.717) is 17.4 Å². The molecule has 0 unspecified atom stereocenters. The van der Waals surface area contributed by atoms with Gasteiger partial charge in [-0.2, -0.15) is 13.2 Å². The second kappa shape index (κ2) is 6.26. The number of carbonyl (C=O) groups is 1. The van der Waals surface area contributed by atoms with E-state index in [1.54, 1.807) is 24.3 Å². The first kappa shape index (κ1) is 15.1. The number of allylic oxidation sites excluding steroid dienone is 1. The minimum Gasteiger partial charge on any atom is -0.497 e. The van der Waals surface area contributed by atoms with Crippen LogP contribution in [0.25, 0.3) is 0 Å². The van der Waals surface area contributed by atoms with E-state index in [1.165, 1.54) is 7.11 Å². The fourth-order valence-electron chi connectivity index (χ4n) is 1.60. The molecule has 0 atom stereocenters. The van der Waals surface area contributed by atoms with Crippen LogP contribution in [-0.2, 0) is 11.2 Å². The zero-order valence-corrected chi connectivity index (χ0v) is 10.2. The number of ether oxygens (including phenoxy) is 1. The molecule has 0 aliphatic heterocycles. The zero-order valence-electron chi connectivity index (χ0n) is 10.2. The Hall–Kier alpha value is -1.98. The van der Waals surface area contributed by atoms with Crippen molar-refractivity contribution in [2.75, 3.05) is 7.11 Å². The first-order valence-electron chi connectivity index (χ1n) is 5.42. The SMILES string of the molecule is COc1ccc(C/C(=C/C(=O)O)CC(F)(F)F)cc1. The Bertz CT molecular complexity index is 461. The van der Waals surface area contributed by atoms with Crippen LogP contribution in [-0.4, -0.2) is 24.4 Å². The lowest BCUT2D eigenvalue weighted by molar-refractivity contribution is -0.132. The van der Waals surface area contributed by atoms with Crippen LogP contribution in [0.1, 0.15) is 12.0 Å². The Kier molecular flexibility index (Phi) is 4.97. The maximum absolute atomic E-state index is 12.3. The van der Waals surface area contributed by atoms with Crippen LogP contribution in [0.3, 0.4) is 0 Å². The summed E-state index contributed by atoms with van der Waals surface area (Å²) < 4.78 is 41.9. The van der Waals surface area contributed by atoms with E-state index in [-0.39, 0.29) is 12.0 Å². The number of carboxylic acids is 1. The van der Waals surface area contributed by atoms with E-state index in [1.807, 2.05) is 0 Å². The lowest BCUT2D eigenvalue weighted by atomic mass is 10.0. The lowest BCUT2D eigenvalue weighted by Crippen LogP contribution is -2.11. The van der Waals surface area contributed by atoms with Gasteiger partial charge in [0.1, 0.15) is 5.75 Å². The third-order valence-electron chi connectivity index (χ3n) is 2.35. The fraction of sp³-hybridized carbons (Fsp3) is 0.308. The van der Waals surface area contributed by atoms with Crippen LogP contribution in [0.5, 0.6) is 5.75 Å². The highest BCUT2D eigenvalue weighted by molar-refractivity contribution is 5.80. The number of rotatable bonds is 5. The maximum atomic E-state index is 12.3. The number of alkyl halides is 3. The molecule has 0 amide bonds. The number of benzene rings is 1. The van der Waals surface area contributed by atoms with Gasteiger partial charge in [-0.1, -0.05) is 12.1 Å². The molecule has 0 fully saturated rings. The second-order valence-corrected chi connectivity index (χ2v) is 3.96. The molecule has 0 bridgehead atoms. The van der Waals surface area contributed by atoms with Gasteiger partial charge < -0.3 is 9.84 Å². The number of methoxy groups -OCH3 is 1. The molecule has 104 valence electrons. The van der Waals surface area contributed by atoms with Crippen molar-refractivity contribution >= 4 is 5.97 Å². The summed E-state index contributed by atoms with van der Waals surface area (Å²) in [6.07, 6.45) is -5.10. The molecule has 6 heteroatoms. The number of hydrogen-bond donors (Lipinski definition) is 1. The van der Waals surface area contributed by atoms with E-state index in [2.05, 4.69) is 0 Å². The predicted molar refractivity (Wildman–Crippen MR) is 63.1 cm³/mol. The van der Waals surface area contributed by atoms with Gasteiger partial charge >= 0.3 is 12.1 Å². The number of halogens is 3. The van der Waals surface area contributed by atoms with Crippen LogP contribution in [0.15, 0.2) is 35.9 Å². The molecule has 1 aromatic carbocycles. The van der Waals surface area contributed by atoms with Gasteiger partial charge in [0.2, 0.25) is 0 Å². The molecule has 0 aliphatic carbocycles. The molecular weight excluding hydrogens is 261 g/mol. The molecule has 3 nitrogen and oxygen atoms in total. The van der Waals surface area contributed by atoms with Crippen LogP contribution < -0.4 is 4.74 Å². The molecule has 0 aromatic heterocycles. The average Bonchev–Trinajstić information content (AvgIpc) is 2.26. The predicted octanol–water partition coefficient (Wildman–Crippen LogP) is 3.20. The van der Waals surface area contributed by atoms with Gasteiger partial charge in [0.05, 0.1) is 13.5 Å². The van der Waals surface area contributed by atoms with Crippen molar-refractivity contribution in [3.8, 4) is 5.75 Å². The largest absolute Gasteiger partial charge is 0.497 e. The third-order valence-corrected chi connectivity index (χ3v) is 2.35. The third kappa shape index (κ3) is 5.94. The molecule has 0 heterocycles. The molecule has 1 N–H and O–H groups in total. The minimum absolute atomic E-state index is 0.0597. The standard InChI is InChI=1S/C13H13F3O3/c1-19-11-4-2-9(3-5-11)6-10(7-12(17)18)8-13(14,15)16/h2-5,7H,6,8H2,1H3,(H,17,18)/b10-7-. The monoisotopic (exact) mass is 274 g/mol. The Labute approximate surface area is 108 Å². The van der Waals surface area contributed by atoms with Crippen molar-refractivity contribution in [3.63, 3.8) is 0 Å². The van der Waals surface area contributed by atoms with Crippen molar-refractivity contribution in [2.45, 2.75) is 19.0 Å². The lowest BCUT2D eigenvalue weighted by Gasteiger charge is -2.10. The van der Waals surface area contributed by atoms with Gasteiger partial charge in [-0.15, -0.1) is 0 Å². The van der Waals surface area contributed by atoms with E-state index in [9.17, 15) is 18.0 Å². The van der Waals surface area contributed by atoms with Crippen molar-refractivity contribution in [1.82, 2.24) is 0 Å². The highest BCUT2D eigenvalue weighted by atomic mass is 19.4. The summed E-state index contributed by atoms with van der Waals surface area (Å²) in [6.45, 7) is 0. The smallest absolute Gasteiger partial charge is 0.392 e. The van der Waals surface area contributed by atoms with E-state index >= 15 is 0 Å². The second-order valence-electron chi connectivity index (χ2n) is 3.96. The van der Waals surface area contributed by atoms with E-state index < -0.39 is 18.6 Å². The van der Waals surface area contributed by atoms with Crippen molar-refractivity contribution in [1.29, 1.82) is 0 Å². The first-order chi connectivity index (χ1) is 8.80. The van der Waals surface area contributed by atoms with Gasteiger partial charge in [-0.25, -0.2) is 4.79 Å². The highest BCUT2D eigenvalue weighted by Gasteiger charge is 2.29. The summed E-state index contributed by atoms with van der Waals surface area (Å²) in [5.41, 5.74) is 0.405. The molecule has 0 spiro atoms. The summed E-state index contributed by atoms with van der Waals surface area (Å²) in [7, 11) is 1.48. The molecule has 0 radical (unpaired) electrons. The van der Waals surface area contributed by atoms with Crippen LogP contribution in [0.2, 0.25) is 0 Å². The van der Waals surface area contributed by atoms with Gasteiger partial charge in [0, 0.05) is 6.08 Å². The summed E-state index contributed by atoms with van der Waals surface area (Å²) in [5.74, 6) is -0.795. The summed E-state index contributed by atoms with van der Waals surface area (Å²) >= 11 is 0. The van der Waals surface area contributed by atoms with Gasteiger partial charge in [-0.3, -0.25) is 0 Å². The Morgan fingerprint density at radius 1 is 1.32 bits per heavy atom. The molecular formula is C13H13F3O3. The highest BCUT2D eigenvalue weighted by Crippen LogP contribution is 2.27. The normalized spacial score (nSPS) is 12.3. The van der Waals surface area contributed by atoms with E-state index in [0.717, 1.165) is 0 Å². The maximum Gasteiger partial charge on any atom is 0.392 e. The first-order valence-corrected chi connectivity index (χ1v) is 5.42. The fourth-order valence-corrected chi connectivity index (χ4v) is 1.60. The molecule has 0 aliphatic rings. The molecule has 1 aromatic rings. The van der Waals surface area contributed by atoms with Gasteiger partial charge in [0.15, 0.2) is 0 Å². The van der Waals surface area contributed by atoms with Crippen molar-refractivity contribution < 1.29 is 27.8 Å². The Morgan fingerprint density at radius 3 is 2.32 bits per heavy atom. The van der Waals surface area contributed by atoms with Crippen LogP contribution >= 0.6 is 0 Å². The van der Waals surface area contributed by atoms with Gasteiger partial charge in [0.25, 0.3) is 0 Å². The Morgan fingerprint density at radius 2 is 1.89 bits per heavy atom. The molecule has 0 saturated heterocycles. The van der Waals surface area contributed by atoms with Crippen LogP contribution in [0.4, 0.5) is 13.2 Å². The van der Waals surface area contributed by atoms with Crippen molar-refractivity contribution in [2.24, 2.45) is 0 Å². The summed E-state index contributed by atoms with van der Waals surface area (Å²) in [5, 5.41) is 8.58. The topological polar surface area (TPSA) is 46.5 Å². The minimum atomic E-state index is -4.42. The number of aliphatic carboxylic acids is 1. The Balaban J connectivity index is 2.85. The number of carboxylic acid groups (broad SMARTS) is 1. The number of hydrogen-bond acceptors (Lipinski definition) is 2. The van der Waals surface area contributed by atoms with Crippen molar-refractivity contribution in [3.05, 3.63) is 41.5 Å². The molecule has 19 heavy (non-hydrogen) atoms. The van der Waals surface area contributed by atoms with E-state index in [4.69, 9.17) is 9.84 Å². The summed E-state index contributed by atoms with van der Waals surface area (Å²) in [6, 6.07) is 6.43.